The molecule has 0 spiro atoms. The van der Waals surface area contributed by atoms with Gasteiger partial charge in [-0.1, -0.05) is 41.6 Å². The van der Waals surface area contributed by atoms with Crippen molar-refractivity contribution in [3.63, 3.8) is 0 Å². The molecule has 0 bridgehead atoms. The minimum atomic E-state index is -0.330. The quantitative estimate of drug-likeness (QED) is 0.619. The predicted molar refractivity (Wildman–Crippen MR) is 114 cm³/mol. The first kappa shape index (κ1) is 21.9. The lowest BCUT2D eigenvalue weighted by molar-refractivity contribution is -0.130. The first-order chi connectivity index (χ1) is 14.2. The van der Waals surface area contributed by atoms with Crippen molar-refractivity contribution in [2.24, 2.45) is 0 Å². The highest BCUT2D eigenvalue weighted by Crippen LogP contribution is 2.17. The molecule has 0 radical (unpaired) electrons. The molecule has 1 fully saturated rings. The van der Waals surface area contributed by atoms with Crippen LogP contribution in [-0.4, -0.2) is 52.0 Å². The maximum atomic E-state index is 13.8. The van der Waals surface area contributed by atoms with E-state index in [-0.39, 0.29) is 30.6 Å². The lowest BCUT2D eigenvalue weighted by atomic mass is 10.1. The predicted octanol–water partition coefficient (Wildman–Crippen LogP) is 3.57. The molecule has 30 heavy (non-hydrogen) atoms. The van der Waals surface area contributed by atoms with Gasteiger partial charge in [-0.05, 0) is 30.2 Å². The van der Waals surface area contributed by atoms with Gasteiger partial charge in [-0.25, -0.2) is 4.39 Å². The maximum Gasteiger partial charge on any atom is 0.257 e. The third-order valence-corrected chi connectivity index (χ3v) is 5.09. The van der Waals surface area contributed by atoms with Crippen LogP contribution in [0.3, 0.4) is 0 Å². The standard InChI is InChI=1S/C22H23FN4O2.ClH/c23-19-10-5-4-9-18(19)15-21(28)27-12-6-11-26(13-14-27)16-20-24-22(29-25-20)17-7-2-1-3-8-17;/h1-5,7-10H,6,11-16H2;1H. The molecule has 0 aliphatic carbocycles. The summed E-state index contributed by atoms with van der Waals surface area (Å²) in [5, 5.41) is 4.09. The van der Waals surface area contributed by atoms with Crippen LogP contribution in [0.25, 0.3) is 11.5 Å². The minimum Gasteiger partial charge on any atom is -0.341 e. The Bertz CT molecular complexity index is 967. The van der Waals surface area contributed by atoms with E-state index in [2.05, 4.69) is 15.0 Å². The molecule has 0 atom stereocenters. The van der Waals surface area contributed by atoms with Gasteiger partial charge < -0.3 is 9.42 Å². The van der Waals surface area contributed by atoms with Crippen molar-refractivity contribution in [1.29, 1.82) is 0 Å². The number of hydrogen-bond donors (Lipinski definition) is 0. The maximum absolute atomic E-state index is 13.8. The van der Waals surface area contributed by atoms with Crippen LogP contribution in [0.5, 0.6) is 0 Å². The fourth-order valence-electron chi connectivity index (χ4n) is 3.51. The van der Waals surface area contributed by atoms with Crippen molar-refractivity contribution in [2.45, 2.75) is 19.4 Å². The molecule has 8 heteroatoms. The zero-order valence-electron chi connectivity index (χ0n) is 16.5. The SMILES string of the molecule is Cl.O=C(Cc1ccccc1F)N1CCCN(Cc2noc(-c3ccccc3)n2)CC1. The van der Waals surface area contributed by atoms with E-state index in [0.717, 1.165) is 25.1 Å². The minimum absolute atomic E-state index is 0. The number of halogens is 2. The van der Waals surface area contributed by atoms with Gasteiger partial charge in [0.25, 0.3) is 5.89 Å². The Morgan fingerprint density at radius 2 is 1.77 bits per heavy atom. The third-order valence-electron chi connectivity index (χ3n) is 5.09. The first-order valence-corrected chi connectivity index (χ1v) is 9.80. The molecule has 0 saturated carbocycles. The van der Waals surface area contributed by atoms with Crippen LogP contribution in [0.4, 0.5) is 4.39 Å². The molecule has 0 unspecified atom stereocenters. The first-order valence-electron chi connectivity index (χ1n) is 9.80. The molecular weight excluding hydrogens is 407 g/mol. The molecular formula is C22H24ClFN4O2. The second kappa shape index (κ2) is 10.3. The van der Waals surface area contributed by atoms with E-state index in [4.69, 9.17) is 4.52 Å². The Balaban J connectivity index is 0.00000256. The van der Waals surface area contributed by atoms with E-state index >= 15 is 0 Å². The van der Waals surface area contributed by atoms with Crippen molar-refractivity contribution in [3.8, 4) is 11.5 Å². The van der Waals surface area contributed by atoms with Gasteiger partial charge in [0, 0.05) is 31.7 Å². The molecule has 158 valence electrons. The van der Waals surface area contributed by atoms with E-state index in [1.54, 1.807) is 18.2 Å². The summed E-state index contributed by atoms with van der Waals surface area (Å²) in [4.78, 5) is 21.1. The van der Waals surface area contributed by atoms with E-state index in [9.17, 15) is 9.18 Å². The monoisotopic (exact) mass is 430 g/mol. The van der Waals surface area contributed by atoms with Gasteiger partial charge in [0.05, 0.1) is 13.0 Å². The number of carbonyl (C=O) groups excluding carboxylic acids is 1. The Labute approximate surface area is 181 Å². The molecule has 1 aromatic heterocycles. The number of benzene rings is 2. The van der Waals surface area contributed by atoms with Crippen LogP contribution in [0.15, 0.2) is 59.1 Å². The number of rotatable bonds is 5. The number of hydrogen-bond acceptors (Lipinski definition) is 5. The van der Waals surface area contributed by atoms with Crippen molar-refractivity contribution < 1.29 is 13.7 Å². The van der Waals surface area contributed by atoms with Gasteiger partial charge in [-0.15, -0.1) is 12.4 Å². The highest BCUT2D eigenvalue weighted by atomic mass is 35.5. The Kier molecular flexibility index (Phi) is 7.54. The highest BCUT2D eigenvalue weighted by molar-refractivity contribution is 5.85. The lowest BCUT2D eigenvalue weighted by Gasteiger charge is -2.21. The molecule has 2 aromatic carbocycles. The van der Waals surface area contributed by atoms with E-state index in [0.29, 0.717) is 36.9 Å². The number of amides is 1. The summed E-state index contributed by atoms with van der Waals surface area (Å²) in [5.74, 6) is 0.776. The smallest absolute Gasteiger partial charge is 0.257 e. The summed E-state index contributed by atoms with van der Waals surface area (Å²) >= 11 is 0. The van der Waals surface area contributed by atoms with Crippen LogP contribution < -0.4 is 0 Å². The fourth-order valence-corrected chi connectivity index (χ4v) is 3.51. The molecule has 0 N–H and O–H groups in total. The molecule has 1 saturated heterocycles. The topological polar surface area (TPSA) is 62.5 Å². The van der Waals surface area contributed by atoms with Crippen molar-refractivity contribution >= 4 is 18.3 Å². The number of nitrogens with zero attached hydrogens (tertiary/aromatic N) is 4. The highest BCUT2D eigenvalue weighted by Gasteiger charge is 2.21. The molecule has 6 nitrogen and oxygen atoms in total. The fraction of sp³-hybridized carbons (Fsp3) is 0.318. The Morgan fingerprint density at radius 1 is 1.00 bits per heavy atom. The average molecular weight is 431 g/mol. The summed E-state index contributed by atoms with van der Waals surface area (Å²) in [6.07, 6.45) is 0.949. The zero-order chi connectivity index (χ0) is 20.1. The summed E-state index contributed by atoms with van der Waals surface area (Å²) in [6.45, 7) is 3.42. The average Bonchev–Trinajstić information content (AvgIpc) is 3.08. The van der Waals surface area contributed by atoms with Gasteiger partial charge in [0.2, 0.25) is 5.91 Å². The molecule has 1 aliphatic rings. The van der Waals surface area contributed by atoms with E-state index in [1.165, 1.54) is 6.07 Å². The van der Waals surface area contributed by atoms with E-state index < -0.39 is 0 Å². The Hall–Kier alpha value is -2.77. The normalized spacial score (nSPS) is 14.8. The summed E-state index contributed by atoms with van der Waals surface area (Å²) in [6, 6.07) is 16.1. The van der Waals surface area contributed by atoms with Crippen LogP contribution in [-0.2, 0) is 17.8 Å². The van der Waals surface area contributed by atoms with Crippen LogP contribution in [0.2, 0.25) is 0 Å². The molecule has 1 aliphatic heterocycles. The summed E-state index contributed by atoms with van der Waals surface area (Å²) in [5.41, 5.74) is 1.34. The number of aromatic nitrogens is 2. The largest absolute Gasteiger partial charge is 0.341 e. The third kappa shape index (κ3) is 5.43. The molecule has 4 rings (SSSR count). The van der Waals surface area contributed by atoms with Crippen molar-refractivity contribution in [2.75, 3.05) is 26.2 Å². The van der Waals surface area contributed by atoms with Gasteiger partial charge in [0.15, 0.2) is 5.82 Å². The molecule has 2 heterocycles. The Morgan fingerprint density at radius 3 is 2.57 bits per heavy atom. The summed E-state index contributed by atoms with van der Waals surface area (Å²) in [7, 11) is 0. The second-order valence-corrected chi connectivity index (χ2v) is 7.16. The van der Waals surface area contributed by atoms with Crippen LogP contribution in [0.1, 0.15) is 17.8 Å². The van der Waals surface area contributed by atoms with Gasteiger partial charge in [0.1, 0.15) is 5.82 Å². The van der Waals surface area contributed by atoms with Gasteiger partial charge in [-0.2, -0.15) is 4.98 Å². The van der Waals surface area contributed by atoms with Gasteiger partial charge in [-0.3, -0.25) is 9.69 Å². The van der Waals surface area contributed by atoms with Crippen molar-refractivity contribution in [1.82, 2.24) is 19.9 Å². The second-order valence-electron chi connectivity index (χ2n) is 7.16. The van der Waals surface area contributed by atoms with Crippen LogP contribution >= 0.6 is 12.4 Å². The van der Waals surface area contributed by atoms with Crippen LogP contribution in [0, 0.1) is 5.82 Å². The lowest BCUT2D eigenvalue weighted by Crippen LogP contribution is -2.36. The number of carbonyl (C=O) groups is 1. The van der Waals surface area contributed by atoms with Gasteiger partial charge >= 0.3 is 0 Å². The van der Waals surface area contributed by atoms with Crippen molar-refractivity contribution in [3.05, 3.63) is 71.8 Å². The molecule has 1 amide bonds. The molecule has 3 aromatic rings. The zero-order valence-corrected chi connectivity index (χ0v) is 17.4. The van der Waals surface area contributed by atoms with E-state index in [1.807, 2.05) is 35.2 Å². The summed E-state index contributed by atoms with van der Waals surface area (Å²) < 4.78 is 19.2.